The molecular weight excluding hydrogens is 296 g/mol. The first-order chi connectivity index (χ1) is 10.9. The molecule has 0 aromatic heterocycles. The van der Waals surface area contributed by atoms with Gasteiger partial charge in [0.1, 0.15) is 0 Å². The van der Waals surface area contributed by atoms with Gasteiger partial charge in [-0.15, -0.1) is 11.8 Å². The number of rotatable bonds is 12. The summed E-state index contributed by atoms with van der Waals surface area (Å²) in [5.41, 5.74) is 3.13. The second-order valence-corrected chi connectivity index (χ2v) is 8.25. The van der Waals surface area contributed by atoms with Crippen molar-refractivity contribution in [2.24, 2.45) is 17.8 Å². The topological polar surface area (TPSA) is 0 Å². The standard InChI is InChI=1S/C22H42S/c1-9-17(5)14-13-15-21(12-4)22(19(7)11-3)23-16-20(8)18(6)10-2/h16-18,21H,9-15H2,1-8H3/b20-16+,22-19-. The van der Waals surface area contributed by atoms with E-state index in [9.17, 15) is 0 Å². The zero-order chi connectivity index (χ0) is 17.8. The highest BCUT2D eigenvalue weighted by Crippen LogP contribution is 2.37. The third-order valence-corrected chi connectivity index (χ3v) is 6.95. The van der Waals surface area contributed by atoms with E-state index in [1.807, 2.05) is 11.8 Å². The lowest BCUT2D eigenvalue weighted by molar-refractivity contribution is 0.444. The van der Waals surface area contributed by atoms with Crippen molar-refractivity contribution >= 4 is 11.8 Å². The molecule has 0 aromatic rings. The van der Waals surface area contributed by atoms with Crippen LogP contribution in [0.3, 0.4) is 0 Å². The number of hydrogen-bond donors (Lipinski definition) is 0. The molecule has 0 fully saturated rings. The SMILES string of the molecule is CC/C(C)=C(\S/C=C(\C)C(C)CC)C(CC)CCCC(C)CC. The van der Waals surface area contributed by atoms with E-state index in [1.54, 1.807) is 10.5 Å². The van der Waals surface area contributed by atoms with Gasteiger partial charge in [-0.05, 0) is 67.6 Å². The Balaban J connectivity index is 4.93. The second-order valence-electron chi connectivity index (χ2n) is 7.34. The Bertz CT molecular complexity index is 364. The Kier molecular flexibility index (Phi) is 13.1. The van der Waals surface area contributed by atoms with Crippen molar-refractivity contribution in [2.45, 2.75) is 100 Å². The molecule has 0 spiro atoms. The van der Waals surface area contributed by atoms with Crippen LogP contribution < -0.4 is 0 Å². The van der Waals surface area contributed by atoms with E-state index in [2.05, 4.69) is 60.8 Å². The predicted molar refractivity (Wildman–Crippen MR) is 111 cm³/mol. The molecule has 136 valence electrons. The van der Waals surface area contributed by atoms with E-state index >= 15 is 0 Å². The molecule has 1 heteroatoms. The lowest BCUT2D eigenvalue weighted by Gasteiger charge is -2.21. The summed E-state index contributed by atoms with van der Waals surface area (Å²) in [6, 6.07) is 0. The van der Waals surface area contributed by atoms with Crippen LogP contribution in [-0.4, -0.2) is 0 Å². The van der Waals surface area contributed by atoms with E-state index < -0.39 is 0 Å². The summed E-state index contributed by atoms with van der Waals surface area (Å²) in [7, 11) is 0. The summed E-state index contributed by atoms with van der Waals surface area (Å²) in [4.78, 5) is 1.65. The Hall–Kier alpha value is -0.170. The van der Waals surface area contributed by atoms with Crippen molar-refractivity contribution in [1.82, 2.24) is 0 Å². The van der Waals surface area contributed by atoms with Gasteiger partial charge in [-0.25, -0.2) is 0 Å². The molecule has 3 atom stereocenters. The highest BCUT2D eigenvalue weighted by atomic mass is 32.2. The number of thioether (sulfide) groups is 1. The summed E-state index contributed by atoms with van der Waals surface area (Å²) in [6.07, 6.45) is 9.13. The van der Waals surface area contributed by atoms with Crippen LogP contribution in [0, 0.1) is 17.8 Å². The first-order valence-corrected chi connectivity index (χ1v) is 10.8. The van der Waals surface area contributed by atoms with Crippen molar-refractivity contribution < 1.29 is 0 Å². The molecule has 3 unspecified atom stereocenters. The molecule has 23 heavy (non-hydrogen) atoms. The van der Waals surface area contributed by atoms with E-state index in [-0.39, 0.29) is 0 Å². The zero-order valence-electron chi connectivity index (χ0n) is 17.2. The smallest absolute Gasteiger partial charge is 0.00884 e. The Morgan fingerprint density at radius 3 is 2.04 bits per heavy atom. The third-order valence-electron chi connectivity index (χ3n) is 5.52. The largest absolute Gasteiger partial charge is 0.102 e. The van der Waals surface area contributed by atoms with Gasteiger partial charge in [-0.2, -0.15) is 0 Å². The van der Waals surface area contributed by atoms with Gasteiger partial charge in [0.25, 0.3) is 0 Å². The molecule has 0 radical (unpaired) electrons. The van der Waals surface area contributed by atoms with Crippen LogP contribution in [0.2, 0.25) is 0 Å². The van der Waals surface area contributed by atoms with Crippen LogP contribution >= 0.6 is 11.8 Å². The zero-order valence-corrected chi connectivity index (χ0v) is 18.0. The Morgan fingerprint density at radius 1 is 0.913 bits per heavy atom. The highest BCUT2D eigenvalue weighted by molar-refractivity contribution is 8.05. The third kappa shape index (κ3) is 9.03. The number of allylic oxidation sites excluding steroid dienone is 3. The Morgan fingerprint density at radius 2 is 1.57 bits per heavy atom. The van der Waals surface area contributed by atoms with E-state index in [0.717, 1.165) is 11.8 Å². The van der Waals surface area contributed by atoms with Crippen LogP contribution in [0.4, 0.5) is 0 Å². The van der Waals surface area contributed by atoms with E-state index in [4.69, 9.17) is 0 Å². The fourth-order valence-corrected chi connectivity index (χ4v) is 4.12. The van der Waals surface area contributed by atoms with Crippen LogP contribution in [0.25, 0.3) is 0 Å². The molecular formula is C22H42S. The maximum atomic E-state index is 2.43. The van der Waals surface area contributed by atoms with Gasteiger partial charge in [0.05, 0.1) is 0 Å². The average molecular weight is 339 g/mol. The molecule has 0 nitrogen and oxygen atoms in total. The maximum Gasteiger partial charge on any atom is -0.00884 e. The summed E-state index contributed by atoms with van der Waals surface area (Å²) < 4.78 is 0. The van der Waals surface area contributed by atoms with E-state index in [0.29, 0.717) is 5.92 Å². The molecule has 0 rings (SSSR count). The van der Waals surface area contributed by atoms with Gasteiger partial charge in [0, 0.05) is 0 Å². The lowest BCUT2D eigenvalue weighted by atomic mass is 9.92. The van der Waals surface area contributed by atoms with Gasteiger partial charge in [-0.1, -0.05) is 72.0 Å². The molecule has 0 heterocycles. The predicted octanol–water partition coefficient (Wildman–Crippen LogP) is 8.60. The molecule has 0 saturated heterocycles. The second kappa shape index (κ2) is 13.2. The summed E-state index contributed by atoms with van der Waals surface area (Å²) in [5.74, 6) is 2.34. The van der Waals surface area contributed by atoms with Gasteiger partial charge in [0.2, 0.25) is 0 Å². The molecule has 0 aliphatic rings. The molecule has 0 aliphatic carbocycles. The van der Waals surface area contributed by atoms with Crippen molar-refractivity contribution in [3.63, 3.8) is 0 Å². The minimum absolute atomic E-state index is 0.705. The Labute approximate surface area is 151 Å². The quantitative estimate of drug-likeness (QED) is 0.343. The van der Waals surface area contributed by atoms with Crippen molar-refractivity contribution in [2.75, 3.05) is 0 Å². The van der Waals surface area contributed by atoms with Gasteiger partial charge in [0.15, 0.2) is 0 Å². The minimum atomic E-state index is 0.705. The minimum Gasteiger partial charge on any atom is -0.102 e. The van der Waals surface area contributed by atoms with Gasteiger partial charge < -0.3 is 0 Å². The molecule has 0 saturated carbocycles. The van der Waals surface area contributed by atoms with Crippen molar-refractivity contribution in [1.29, 1.82) is 0 Å². The fraction of sp³-hybridized carbons (Fsp3) is 0.818. The highest BCUT2D eigenvalue weighted by Gasteiger charge is 2.15. The van der Waals surface area contributed by atoms with Gasteiger partial charge >= 0.3 is 0 Å². The maximum absolute atomic E-state index is 2.43. The monoisotopic (exact) mass is 338 g/mol. The molecule has 0 aliphatic heterocycles. The average Bonchev–Trinajstić information content (AvgIpc) is 2.58. The fourth-order valence-electron chi connectivity index (χ4n) is 2.75. The van der Waals surface area contributed by atoms with Gasteiger partial charge in [-0.3, -0.25) is 0 Å². The number of hydrogen-bond acceptors (Lipinski definition) is 1. The first-order valence-electron chi connectivity index (χ1n) is 9.93. The van der Waals surface area contributed by atoms with Crippen molar-refractivity contribution in [3.8, 4) is 0 Å². The lowest BCUT2D eigenvalue weighted by Crippen LogP contribution is -2.04. The first kappa shape index (κ1) is 22.8. The summed E-state index contributed by atoms with van der Waals surface area (Å²) >= 11 is 2.02. The van der Waals surface area contributed by atoms with E-state index in [1.165, 1.54) is 50.5 Å². The van der Waals surface area contributed by atoms with Crippen LogP contribution in [0.1, 0.15) is 100 Å². The van der Waals surface area contributed by atoms with Crippen LogP contribution in [-0.2, 0) is 0 Å². The molecule has 0 amide bonds. The molecule has 0 aromatic carbocycles. The van der Waals surface area contributed by atoms with Crippen LogP contribution in [0.15, 0.2) is 21.5 Å². The molecule has 0 bridgehead atoms. The summed E-state index contributed by atoms with van der Waals surface area (Å²) in [6.45, 7) is 18.6. The molecule has 0 N–H and O–H groups in total. The van der Waals surface area contributed by atoms with Crippen LogP contribution in [0.5, 0.6) is 0 Å². The van der Waals surface area contributed by atoms with Crippen molar-refractivity contribution in [3.05, 3.63) is 21.5 Å². The normalized spacial score (nSPS) is 17.7. The summed E-state index contributed by atoms with van der Waals surface area (Å²) in [5, 5.41) is 2.43.